The molecule has 0 aliphatic heterocycles. The molecule has 0 unspecified atom stereocenters. The Hall–Kier alpha value is -4.33. The predicted octanol–water partition coefficient (Wildman–Crippen LogP) is 9.92. The Bertz CT molecular complexity index is 1880. The fraction of sp³-hybridized carbons (Fsp3) is 0. The number of hydrogen-bond donors (Lipinski definition) is 0. The van der Waals surface area contributed by atoms with Crippen molar-refractivity contribution in [1.29, 1.82) is 0 Å². The van der Waals surface area contributed by atoms with Gasteiger partial charge in [-0.2, -0.15) is 0 Å². The topological polar surface area (TPSA) is 4.93 Å². The maximum Gasteiger partial charge on any atom is 0.0555 e. The molecule has 0 atom stereocenters. The number of benzene rings is 6. The number of aromatic nitrogens is 1. The number of nitrogens with zero attached hydrogens (tertiary/aromatic N) is 1. The fourth-order valence-corrected chi connectivity index (χ4v) is 5.62. The largest absolute Gasteiger partial charge is 0.309 e. The van der Waals surface area contributed by atoms with Crippen LogP contribution in [-0.2, 0) is 0 Å². The molecule has 170 valence electrons. The van der Waals surface area contributed by atoms with E-state index in [0.717, 1.165) is 16.2 Å². The van der Waals surface area contributed by atoms with Gasteiger partial charge in [-0.25, -0.2) is 0 Å². The van der Waals surface area contributed by atoms with Crippen LogP contribution in [0.4, 0.5) is 0 Å². The molecule has 0 saturated carbocycles. The number of rotatable bonds is 3. The summed E-state index contributed by atoms with van der Waals surface area (Å²) in [5.41, 5.74) is 8.32. The van der Waals surface area contributed by atoms with Gasteiger partial charge in [0, 0.05) is 21.5 Å². The summed E-state index contributed by atoms with van der Waals surface area (Å²) in [5, 5.41) is 5.68. The molecule has 36 heavy (non-hydrogen) atoms. The van der Waals surface area contributed by atoms with Gasteiger partial charge in [-0.05, 0) is 63.4 Å². The zero-order valence-electron chi connectivity index (χ0n) is 19.5. The van der Waals surface area contributed by atoms with Gasteiger partial charge < -0.3 is 4.57 Å². The first-order valence-corrected chi connectivity index (χ1v) is 12.5. The normalized spacial score (nSPS) is 11.5. The minimum atomic E-state index is 0.740. The van der Waals surface area contributed by atoms with Gasteiger partial charge in [-0.3, -0.25) is 0 Å². The van der Waals surface area contributed by atoms with E-state index in [1.54, 1.807) is 0 Å². The van der Waals surface area contributed by atoms with Crippen LogP contribution in [0.15, 0.2) is 133 Å². The molecule has 2 heteroatoms. The molecule has 1 nitrogen and oxygen atoms in total. The lowest BCUT2D eigenvalue weighted by Gasteiger charge is -2.13. The minimum absolute atomic E-state index is 0.740. The maximum atomic E-state index is 6.46. The third kappa shape index (κ3) is 3.32. The van der Waals surface area contributed by atoms with E-state index in [2.05, 4.69) is 132 Å². The quantitative estimate of drug-likeness (QED) is 0.237. The van der Waals surface area contributed by atoms with Crippen LogP contribution >= 0.6 is 11.6 Å². The molecule has 1 aromatic heterocycles. The van der Waals surface area contributed by atoms with Gasteiger partial charge in [-0.15, -0.1) is 0 Å². The fourth-order valence-electron chi connectivity index (χ4n) is 5.45. The molecule has 6 aromatic carbocycles. The summed E-state index contributed by atoms with van der Waals surface area (Å²) < 4.78 is 2.32. The first kappa shape index (κ1) is 21.0. The van der Waals surface area contributed by atoms with Gasteiger partial charge in [0.05, 0.1) is 11.0 Å². The molecule has 7 rings (SSSR count). The maximum absolute atomic E-state index is 6.46. The summed E-state index contributed by atoms with van der Waals surface area (Å²) in [5.74, 6) is 0. The van der Waals surface area contributed by atoms with Crippen LogP contribution in [0.1, 0.15) is 0 Å². The smallest absolute Gasteiger partial charge is 0.0555 e. The molecule has 1 heterocycles. The molecule has 0 radical (unpaired) electrons. The van der Waals surface area contributed by atoms with Crippen LogP contribution < -0.4 is 0 Å². The standard InChI is InChI=1S/C34H22ClN/c35-26-18-20-31-30-19-17-25(21-32(30)36(33(31)22-26)27-13-5-2-6-14-27)29-16-8-12-24-11-7-15-28(34(24)29)23-9-3-1-4-10-23/h1-22H. The van der Waals surface area contributed by atoms with Crippen molar-refractivity contribution in [3.63, 3.8) is 0 Å². The van der Waals surface area contributed by atoms with Gasteiger partial charge in [0.25, 0.3) is 0 Å². The molecule has 0 aliphatic carbocycles. The van der Waals surface area contributed by atoms with E-state index < -0.39 is 0 Å². The predicted molar refractivity (Wildman–Crippen MR) is 154 cm³/mol. The molecule has 0 saturated heterocycles. The third-order valence-corrected chi connectivity index (χ3v) is 7.28. The van der Waals surface area contributed by atoms with E-state index in [1.165, 1.54) is 49.3 Å². The summed E-state index contributed by atoms with van der Waals surface area (Å²) in [7, 11) is 0. The lowest BCUT2D eigenvalue weighted by Crippen LogP contribution is -1.93. The number of para-hydroxylation sites is 1. The SMILES string of the molecule is Clc1ccc2c3ccc(-c4cccc5cccc(-c6ccccc6)c45)cc3n(-c3ccccc3)c2c1. The Balaban J connectivity index is 1.55. The van der Waals surface area contributed by atoms with Gasteiger partial charge in [0.2, 0.25) is 0 Å². The Morgan fingerprint density at radius 3 is 1.81 bits per heavy atom. The average molecular weight is 480 g/mol. The van der Waals surface area contributed by atoms with Gasteiger partial charge in [0.1, 0.15) is 0 Å². The number of halogens is 1. The molecule has 7 aromatic rings. The number of hydrogen-bond acceptors (Lipinski definition) is 0. The van der Waals surface area contributed by atoms with Crippen LogP contribution in [0.25, 0.3) is 60.5 Å². The molecular formula is C34H22ClN. The van der Waals surface area contributed by atoms with Gasteiger partial charge in [-0.1, -0.05) is 115 Å². The second-order valence-electron chi connectivity index (χ2n) is 9.14. The van der Waals surface area contributed by atoms with E-state index in [-0.39, 0.29) is 0 Å². The van der Waals surface area contributed by atoms with Crippen molar-refractivity contribution >= 4 is 44.2 Å². The van der Waals surface area contributed by atoms with E-state index >= 15 is 0 Å². The zero-order chi connectivity index (χ0) is 24.1. The van der Waals surface area contributed by atoms with Gasteiger partial charge >= 0.3 is 0 Å². The van der Waals surface area contributed by atoms with Crippen LogP contribution in [0.5, 0.6) is 0 Å². The highest BCUT2D eigenvalue weighted by Crippen LogP contribution is 2.40. The highest BCUT2D eigenvalue weighted by atomic mass is 35.5. The highest BCUT2D eigenvalue weighted by Gasteiger charge is 2.15. The molecule has 0 spiro atoms. The minimum Gasteiger partial charge on any atom is -0.309 e. The molecular weight excluding hydrogens is 458 g/mol. The van der Waals surface area contributed by atoms with Crippen LogP contribution in [-0.4, -0.2) is 4.57 Å². The average Bonchev–Trinajstić information content (AvgIpc) is 3.26. The van der Waals surface area contributed by atoms with Crippen molar-refractivity contribution < 1.29 is 0 Å². The number of fused-ring (bicyclic) bond motifs is 4. The first-order chi connectivity index (χ1) is 17.8. The van der Waals surface area contributed by atoms with Crippen molar-refractivity contribution in [2.45, 2.75) is 0 Å². The molecule has 0 amide bonds. The highest BCUT2D eigenvalue weighted by molar-refractivity contribution is 6.31. The van der Waals surface area contributed by atoms with E-state index in [1.807, 2.05) is 6.07 Å². The zero-order valence-corrected chi connectivity index (χ0v) is 20.3. The van der Waals surface area contributed by atoms with E-state index in [9.17, 15) is 0 Å². The van der Waals surface area contributed by atoms with Gasteiger partial charge in [0.15, 0.2) is 0 Å². The van der Waals surface area contributed by atoms with Crippen LogP contribution in [0.2, 0.25) is 5.02 Å². The lowest BCUT2D eigenvalue weighted by atomic mass is 9.91. The Morgan fingerprint density at radius 2 is 1.08 bits per heavy atom. The lowest BCUT2D eigenvalue weighted by molar-refractivity contribution is 1.18. The monoisotopic (exact) mass is 479 g/mol. The van der Waals surface area contributed by atoms with Crippen LogP contribution in [0.3, 0.4) is 0 Å². The summed E-state index contributed by atoms with van der Waals surface area (Å²) in [6.45, 7) is 0. The second kappa shape index (κ2) is 8.41. The van der Waals surface area contributed by atoms with Crippen molar-refractivity contribution in [2.24, 2.45) is 0 Å². The van der Waals surface area contributed by atoms with Crippen molar-refractivity contribution in [3.8, 4) is 27.9 Å². The summed E-state index contributed by atoms with van der Waals surface area (Å²) in [6.07, 6.45) is 0. The van der Waals surface area contributed by atoms with E-state index in [0.29, 0.717) is 0 Å². The first-order valence-electron chi connectivity index (χ1n) is 12.1. The molecule has 0 N–H and O–H groups in total. The Labute approximate surface area is 214 Å². The molecule has 0 fully saturated rings. The second-order valence-corrected chi connectivity index (χ2v) is 9.58. The Kier molecular flexibility index (Phi) is 4.90. The van der Waals surface area contributed by atoms with Crippen LogP contribution in [0, 0.1) is 0 Å². The van der Waals surface area contributed by atoms with E-state index in [4.69, 9.17) is 11.6 Å². The molecule has 0 aliphatic rings. The molecule has 0 bridgehead atoms. The van der Waals surface area contributed by atoms with Crippen molar-refractivity contribution in [1.82, 2.24) is 4.57 Å². The van der Waals surface area contributed by atoms with Crippen molar-refractivity contribution in [3.05, 3.63) is 138 Å². The Morgan fingerprint density at radius 1 is 0.472 bits per heavy atom. The summed E-state index contributed by atoms with van der Waals surface area (Å²) in [6, 6.07) is 47.3. The third-order valence-electron chi connectivity index (χ3n) is 7.04. The summed E-state index contributed by atoms with van der Waals surface area (Å²) >= 11 is 6.46. The van der Waals surface area contributed by atoms with Crippen molar-refractivity contribution in [2.75, 3.05) is 0 Å². The summed E-state index contributed by atoms with van der Waals surface area (Å²) in [4.78, 5) is 0.